The number of anilines is 3. The highest BCUT2D eigenvalue weighted by atomic mass is 16.5. The summed E-state index contributed by atoms with van der Waals surface area (Å²) in [5, 5.41) is 6.19. The van der Waals surface area contributed by atoms with Crippen molar-refractivity contribution in [2.45, 2.75) is 6.42 Å². The Morgan fingerprint density at radius 3 is 2.38 bits per heavy atom. The summed E-state index contributed by atoms with van der Waals surface area (Å²) in [6.07, 6.45) is 2.35. The lowest BCUT2D eigenvalue weighted by Gasteiger charge is -2.13. The van der Waals surface area contributed by atoms with Gasteiger partial charge in [0.25, 0.3) is 5.91 Å². The number of methoxy groups -OCH3 is 1. The Labute approximate surface area is 171 Å². The molecule has 1 heterocycles. The van der Waals surface area contributed by atoms with Crippen LogP contribution in [-0.2, 0) is 6.42 Å². The van der Waals surface area contributed by atoms with Gasteiger partial charge in [-0.05, 0) is 54.4 Å². The van der Waals surface area contributed by atoms with Crippen LogP contribution in [-0.4, -0.2) is 38.6 Å². The van der Waals surface area contributed by atoms with Crippen molar-refractivity contribution in [2.24, 2.45) is 0 Å². The lowest BCUT2D eigenvalue weighted by atomic mass is 10.1. The molecule has 2 N–H and O–H groups in total. The second kappa shape index (κ2) is 9.59. The Kier molecular flexibility index (Phi) is 6.68. The minimum atomic E-state index is -0.193. The summed E-state index contributed by atoms with van der Waals surface area (Å²) in [6, 6.07) is 19.5. The smallest absolute Gasteiger partial charge is 0.269 e. The lowest BCUT2D eigenvalue weighted by Crippen LogP contribution is -2.26. The number of hydrogen-bond acceptors (Lipinski definition) is 5. The largest absolute Gasteiger partial charge is 0.496 e. The van der Waals surface area contributed by atoms with Gasteiger partial charge in [-0.15, -0.1) is 0 Å². The molecule has 0 spiro atoms. The summed E-state index contributed by atoms with van der Waals surface area (Å²) >= 11 is 0. The molecule has 3 aromatic rings. The predicted octanol–water partition coefficient (Wildman–Crippen LogP) is 3.87. The average molecular weight is 390 g/mol. The van der Waals surface area contributed by atoms with Gasteiger partial charge in [-0.3, -0.25) is 4.79 Å². The van der Waals surface area contributed by atoms with Gasteiger partial charge in [-0.1, -0.05) is 18.2 Å². The van der Waals surface area contributed by atoms with E-state index in [1.165, 1.54) is 0 Å². The molecule has 0 radical (unpaired) electrons. The molecule has 29 heavy (non-hydrogen) atoms. The number of benzene rings is 2. The monoisotopic (exact) mass is 390 g/mol. The molecule has 0 unspecified atom stereocenters. The van der Waals surface area contributed by atoms with E-state index in [9.17, 15) is 4.79 Å². The second-order valence-electron chi connectivity index (χ2n) is 6.82. The van der Waals surface area contributed by atoms with Crippen LogP contribution in [0.25, 0.3) is 0 Å². The van der Waals surface area contributed by atoms with E-state index in [-0.39, 0.29) is 5.91 Å². The maximum Gasteiger partial charge on any atom is 0.269 e. The van der Waals surface area contributed by atoms with E-state index in [0.717, 1.165) is 28.4 Å². The summed E-state index contributed by atoms with van der Waals surface area (Å²) in [7, 11) is 5.66. The van der Waals surface area contributed by atoms with Gasteiger partial charge < -0.3 is 20.3 Å². The first-order chi connectivity index (χ1) is 14.1. The number of aromatic nitrogens is 1. The van der Waals surface area contributed by atoms with Crippen LogP contribution in [0.5, 0.6) is 5.75 Å². The highest BCUT2D eigenvalue weighted by Gasteiger charge is 2.08. The van der Waals surface area contributed by atoms with Crippen molar-refractivity contribution in [2.75, 3.05) is 38.0 Å². The molecule has 6 heteroatoms. The number of para-hydroxylation sites is 1. The lowest BCUT2D eigenvalue weighted by molar-refractivity contribution is 0.0949. The minimum absolute atomic E-state index is 0.193. The van der Waals surface area contributed by atoms with Crippen LogP contribution < -0.4 is 20.3 Å². The summed E-state index contributed by atoms with van der Waals surface area (Å²) in [6.45, 7) is 0.513. The zero-order valence-electron chi connectivity index (χ0n) is 17.0. The highest BCUT2D eigenvalue weighted by Crippen LogP contribution is 2.20. The Bertz CT molecular complexity index is 938. The van der Waals surface area contributed by atoms with Crippen LogP contribution >= 0.6 is 0 Å². The summed E-state index contributed by atoms with van der Waals surface area (Å²) < 4.78 is 5.33. The van der Waals surface area contributed by atoms with Crippen molar-refractivity contribution in [1.29, 1.82) is 0 Å². The third-order valence-corrected chi connectivity index (χ3v) is 4.54. The third-order valence-electron chi connectivity index (χ3n) is 4.54. The van der Waals surface area contributed by atoms with Crippen LogP contribution in [0, 0.1) is 0 Å². The number of rotatable bonds is 8. The molecule has 1 amide bonds. The topological polar surface area (TPSA) is 66.5 Å². The van der Waals surface area contributed by atoms with E-state index in [1.54, 1.807) is 19.4 Å². The van der Waals surface area contributed by atoms with E-state index in [1.807, 2.05) is 73.6 Å². The molecule has 3 rings (SSSR count). The molecule has 0 aliphatic carbocycles. The number of hydrogen-bond donors (Lipinski definition) is 2. The molecular formula is C23H26N4O2. The van der Waals surface area contributed by atoms with Gasteiger partial charge in [0.05, 0.1) is 19.0 Å². The fourth-order valence-corrected chi connectivity index (χ4v) is 2.92. The molecule has 0 atom stereocenters. The fraction of sp³-hybridized carbons (Fsp3) is 0.217. The van der Waals surface area contributed by atoms with Crippen LogP contribution in [0.4, 0.5) is 17.1 Å². The maximum atomic E-state index is 12.3. The highest BCUT2D eigenvalue weighted by molar-refractivity contribution is 5.92. The molecule has 1 aromatic heterocycles. The molecule has 2 aromatic carbocycles. The molecular weight excluding hydrogens is 364 g/mol. The zero-order valence-corrected chi connectivity index (χ0v) is 17.0. The first-order valence-electron chi connectivity index (χ1n) is 9.47. The van der Waals surface area contributed by atoms with Gasteiger partial charge in [-0.2, -0.15) is 0 Å². The fourth-order valence-electron chi connectivity index (χ4n) is 2.92. The Morgan fingerprint density at radius 2 is 1.72 bits per heavy atom. The van der Waals surface area contributed by atoms with Crippen LogP contribution in [0.1, 0.15) is 16.1 Å². The normalized spacial score (nSPS) is 10.3. The molecule has 0 aliphatic rings. The van der Waals surface area contributed by atoms with Gasteiger partial charge in [0.1, 0.15) is 11.4 Å². The SMILES string of the molecule is COc1ccccc1CCNC(=O)c1ccc(Nc2ccc(N(C)C)cc2)cn1. The molecule has 0 aliphatic heterocycles. The van der Waals surface area contributed by atoms with Crippen molar-refractivity contribution in [3.05, 3.63) is 78.1 Å². The Balaban J connectivity index is 1.53. The molecule has 0 bridgehead atoms. The number of amides is 1. The van der Waals surface area contributed by atoms with Gasteiger partial charge in [0.2, 0.25) is 0 Å². The van der Waals surface area contributed by atoms with Gasteiger partial charge in [0.15, 0.2) is 0 Å². The molecule has 0 saturated heterocycles. The van der Waals surface area contributed by atoms with E-state index in [0.29, 0.717) is 18.7 Å². The quantitative estimate of drug-likeness (QED) is 0.611. The standard InChI is InChI=1S/C23H26N4O2/c1-27(2)20-11-8-18(9-12-20)26-19-10-13-21(25-16-19)23(28)24-15-14-17-6-4-5-7-22(17)29-3/h4-13,16,26H,14-15H2,1-3H3,(H,24,28). The van der Waals surface area contributed by atoms with Crippen molar-refractivity contribution in [3.8, 4) is 5.75 Å². The average Bonchev–Trinajstić information content (AvgIpc) is 2.75. The Hall–Kier alpha value is -3.54. The Morgan fingerprint density at radius 1 is 1.00 bits per heavy atom. The van der Waals surface area contributed by atoms with Crippen LogP contribution in [0.3, 0.4) is 0 Å². The number of ether oxygens (including phenoxy) is 1. The van der Waals surface area contributed by atoms with Crippen molar-refractivity contribution < 1.29 is 9.53 Å². The molecule has 150 valence electrons. The summed E-state index contributed by atoms with van der Waals surface area (Å²) in [5.41, 5.74) is 4.37. The number of nitrogens with zero attached hydrogens (tertiary/aromatic N) is 2. The van der Waals surface area contributed by atoms with Crippen molar-refractivity contribution >= 4 is 23.0 Å². The zero-order chi connectivity index (χ0) is 20.6. The van der Waals surface area contributed by atoms with E-state index in [4.69, 9.17) is 4.74 Å². The van der Waals surface area contributed by atoms with Crippen LogP contribution in [0.2, 0.25) is 0 Å². The molecule has 0 saturated carbocycles. The van der Waals surface area contributed by atoms with Crippen molar-refractivity contribution in [1.82, 2.24) is 10.3 Å². The molecule has 0 fully saturated rings. The number of carbonyl (C=O) groups excluding carboxylic acids is 1. The number of carbonyl (C=O) groups is 1. The summed E-state index contributed by atoms with van der Waals surface area (Å²) in [4.78, 5) is 18.7. The minimum Gasteiger partial charge on any atom is -0.496 e. The van der Waals surface area contributed by atoms with Gasteiger partial charge in [0, 0.05) is 32.0 Å². The predicted molar refractivity (Wildman–Crippen MR) is 117 cm³/mol. The van der Waals surface area contributed by atoms with Crippen molar-refractivity contribution in [3.63, 3.8) is 0 Å². The maximum absolute atomic E-state index is 12.3. The van der Waals surface area contributed by atoms with E-state index < -0.39 is 0 Å². The van der Waals surface area contributed by atoms with Gasteiger partial charge >= 0.3 is 0 Å². The summed E-state index contributed by atoms with van der Waals surface area (Å²) in [5.74, 6) is 0.635. The second-order valence-corrected chi connectivity index (χ2v) is 6.82. The first-order valence-corrected chi connectivity index (χ1v) is 9.47. The first kappa shape index (κ1) is 20.2. The third kappa shape index (κ3) is 5.48. The van der Waals surface area contributed by atoms with E-state index in [2.05, 4.69) is 15.6 Å². The number of nitrogens with one attached hydrogen (secondary N) is 2. The molecule has 6 nitrogen and oxygen atoms in total. The van der Waals surface area contributed by atoms with Gasteiger partial charge in [-0.25, -0.2) is 4.98 Å². The number of pyridine rings is 1. The van der Waals surface area contributed by atoms with E-state index >= 15 is 0 Å². The van der Waals surface area contributed by atoms with Crippen LogP contribution in [0.15, 0.2) is 66.9 Å².